The molecule has 0 saturated heterocycles. The lowest BCUT2D eigenvalue weighted by Gasteiger charge is -1.97. The summed E-state index contributed by atoms with van der Waals surface area (Å²) in [4.78, 5) is 14.5. The fourth-order valence-corrected chi connectivity index (χ4v) is 1.03. The normalized spacial score (nSPS) is 10.7. The molecule has 0 radical (unpaired) electrons. The summed E-state index contributed by atoms with van der Waals surface area (Å²) in [7, 11) is 0. The van der Waals surface area contributed by atoms with Crippen LogP contribution in [0.25, 0.3) is 0 Å². The van der Waals surface area contributed by atoms with Gasteiger partial charge in [0.05, 0.1) is 0 Å². The Labute approximate surface area is 90.7 Å². The third-order valence-electron chi connectivity index (χ3n) is 1.70. The first-order valence-corrected chi connectivity index (χ1v) is 4.86. The number of nitrogens with zero attached hydrogens (tertiary/aromatic N) is 1. The summed E-state index contributed by atoms with van der Waals surface area (Å²) in [5.74, 6) is -0.599. The van der Waals surface area contributed by atoms with Crippen LogP contribution in [0.15, 0.2) is 28.3 Å². The number of rotatable bonds is 4. The first kappa shape index (κ1) is 13.4. The molecule has 15 heavy (non-hydrogen) atoms. The third kappa shape index (κ3) is 8.74. The molecule has 0 fully saturated rings. The van der Waals surface area contributed by atoms with Crippen LogP contribution in [0.3, 0.4) is 0 Å². The van der Waals surface area contributed by atoms with E-state index in [1.54, 1.807) is 0 Å². The number of guanidine groups is 1. The van der Waals surface area contributed by atoms with Gasteiger partial charge in [-0.05, 0) is 33.6 Å². The lowest BCUT2D eigenvalue weighted by Crippen LogP contribution is -2.23. The quantitative estimate of drug-likeness (QED) is 0.318. The van der Waals surface area contributed by atoms with Crippen LogP contribution >= 0.6 is 0 Å². The molecule has 4 N–H and O–H groups in total. The largest absolute Gasteiger partial charge is 0.370 e. The molecule has 0 aliphatic carbocycles. The summed E-state index contributed by atoms with van der Waals surface area (Å²) in [6.07, 6.45) is 5.36. The maximum absolute atomic E-state index is 11.1. The summed E-state index contributed by atoms with van der Waals surface area (Å²) in [6, 6.07) is 0. The van der Waals surface area contributed by atoms with Gasteiger partial charge < -0.3 is 11.5 Å². The number of hydrogen-bond acceptors (Lipinski definition) is 1. The first-order chi connectivity index (χ1) is 6.91. The summed E-state index contributed by atoms with van der Waals surface area (Å²) >= 11 is 0. The van der Waals surface area contributed by atoms with Crippen molar-refractivity contribution in [3.8, 4) is 0 Å². The van der Waals surface area contributed by atoms with Crippen molar-refractivity contribution < 1.29 is 4.79 Å². The van der Waals surface area contributed by atoms with E-state index in [1.807, 2.05) is 20.8 Å². The van der Waals surface area contributed by atoms with E-state index in [0.717, 1.165) is 18.4 Å². The highest BCUT2D eigenvalue weighted by Gasteiger charge is 1.96. The molecule has 84 valence electrons. The second-order valence-electron chi connectivity index (χ2n) is 3.69. The lowest BCUT2D eigenvalue weighted by atomic mass is 10.1. The molecule has 1 amide bonds. The fourth-order valence-electron chi connectivity index (χ4n) is 1.03. The molecule has 0 aliphatic rings. The van der Waals surface area contributed by atoms with Crippen LogP contribution in [-0.2, 0) is 4.79 Å². The number of amides is 1. The zero-order valence-corrected chi connectivity index (χ0v) is 9.58. The highest BCUT2D eigenvalue weighted by Crippen LogP contribution is 2.06. The number of aliphatic imine (C=N–C) groups is 1. The molecule has 0 atom stereocenters. The minimum atomic E-state index is -0.398. The van der Waals surface area contributed by atoms with Gasteiger partial charge in [-0.1, -0.05) is 17.2 Å². The maximum atomic E-state index is 11.1. The van der Waals surface area contributed by atoms with Crippen LogP contribution in [0.5, 0.6) is 0 Å². The molecule has 0 saturated carbocycles. The zero-order valence-electron chi connectivity index (χ0n) is 9.58. The second kappa shape index (κ2) is 6.81. The summed E-state index contributed by atoms with van der Waals surface area (Å²) in [5.41, 5.74) is 12.4. The van der Waals surface area contributed by atoms with Gasteiger partial charge in [0, 0.05) is 6.08 Å². The summed E-state index contributed by atoms with van der Waals surface area (Å²) < 4.78 is 0. The highest BCUT2D eigenvalue weighted by molar-refractivity contribution is 5.97. The fraction of sp³-hybridized carbons (Fsp3) is 0.455. The predicted molar refractivity (Wildman–Crippen MR) is 63.2 cm³/mol. The Morgan fingerprint density at radius 2 is 1.87 bits per heavy atom. The van der Waals surface area contributed by atoms with Crippen LogP contribution in [0.2, 0.25) is 0 Å². The average Bonchev–Trinajstić information content (AvgIpc) is 2.00. The van der Waals surface area contributed by atoms with Gasteiger partial charge in [-0.3, -0.25) is 4.79 Å². The Bertz CT molecular complexity index is 306. The van der Waals surface area contributed by atoms with Crippen molar-refractivity contribution in [1.82, 2.24) is 0 Å². The minimum absolute atomic E-state index is 0.201. The van der Waals surface area contributed by atoms with Crippen molar-refractivity contribution >= 4 is 11.9 Å². The van der Waals surface area contributed by atoms with Crippen LogP contribution < -0.4 is 11.5 Å². The minimum Gasteiger partial charge on any atom is -0.370 e. The molecule has 0 spiro atoms. The molecular weight excluding hydrogens is 190 g/mol. The number of carbonyl (C=O) groups excluding carboxylic acids is 1. The number of hydrogen-bond donors (Lipinski definition) is 2. The van der Waals surface area contributed by atoms with E-state index >= 15 is 0 Å². The monoisotopic (exact) mass is 209 g/mol. The highest BCUT2D eigenvalue weighted by atomic mass is 16.1. The summed E-state index contributed by atoms with van der Waals surface area (Å²) in [6.45, 7) is 5.98. The SMILES string of the molecule is CC(C)=CCC/C(C)=C/C(=O)N=C(N)N. The topological polar surface area (TPSA) is 81.5 Å². The van der Waals surface area contributed by atoms with Gasteiger partial charge >= 0.3 is 0 Å². The Hall–Kier alpha value is -1.58. The van der Waals surface area contributed by atoms with E-state index in [0.29, 0.717) is 0 Å². The van der Waals surface area contributed by atoms with E-state index in [1.165, 1.54) is 11.6 Å². The molecule has 0 unspecified atom stereocenters. The van der Waals surface area contributed by atoms with Gasteiger partial charge in [0.15, 0.2) is 5.96 Å². The van der Waals surface area contributed by atoms with E-state index in [2.05, 4.69) is 11.1 Å². The van der Waals surface area contributed by atoms with Gasteiger partial charge in [0.25, 0.3) is 5.91 Å². The van der Waals surface area contributed by atoms with Gasteiger partial charge in [0.2, 0.25) is 0 Å². The predicted octanol–water partition coefficient (Wildman–Crippen LogP) is 1.48. The van der Waals surface area contributed by atoms with E-state index in [9.17, 15) is 4.79 Å². The van der Waals surface area contributed by atoms with Crippen LogP contribution in [0.4, 0.5) is 0 Å². The maximum Gasteiger partial charge on any atom is 0.272 e. The van der Waals surface area contributed by atoms with E-state index < -0.39 is 5.91 Å². The zero-order chi connectivity index (χ0) is 11.8. The summed E-state index contributed by atoms with van der Waals surface area (Å²) in [5, 5.41) is 0. The Balaban J connectivity index is 4.15. The smallest absolute Gasteiger partial charge is 0.272 e. The number of allylic oxidation sites excluding steroid dienone is 3. The van der Waals surface area contributed by atoms with Crippen molar-refractivity contribution in [2.75, 3.05) is 0 Å². The van der Waals surface area contributed by atoms with Gasteiger partial charge in [-0.25, -0.2) is 0 Å². The molecular formula is C11H19N3O. The average molecular weight is 209 g/mol. The molecule has 4 nitrogen and oxygen atoms in total. The van der Waals surface area contributed by atoms with Gasteiger partial charge in [-0.2, -0.15) is 4.99 Å². The van der Waals surface area contributed by atoms with Crippen LogP contribution in [0.1, 0.15) is 33.6 Å². The van der Waals surface area contributed by atoms with Crippen molar-refractivity contribution in [2.45, 2.75) is 33.6 Å². The van der Waals surface area contributed by atoms with Gasteiger partial charge in [0.1, 0.15) is 0 Å². The van der Waals surface area contributed by atoms with Crippen molar-refractivity contribution in [3.05, 3.63) is 23.3 Å². The molecule has 0 aromatic rings. The van der Waals surface area contributed by atoms with E-state index in [4.69, 9.17) is 11.5 Å². The molecule has 4 heteroatoms. The standard InChI is InChI=1S/C11H19N3O/c1-8(2)5-4-6-9(3)7-10(15)14-11(12)13/h5,7H,4,6H2,1-3H3,(H4,12,13,14,15)/b9-7+. The Morgan fingerprint density at radius 1 is 1.27 bits per heavy atom. The molecule has 0 heterocycles. The molecule has 0 bridgehead atoms. The first-order valence-electron chi connectivity index (χ1n) is 4.86. The Kier molecular flexibility index (Phi) is 6.09. The third-order valence-corrected chi connectivity index (χ3v) is 1.70. The van der Waals surface area contributed by atoms with Crippen molar-refractivity contribution in [1.29, 1.82) is 0 Å². The molecule has 0 aliphatic heterocycles. The van der Waals surface area contributed by atoms with Gasteiger partial charge in [-0.15, -0.1) is 0 Å². The molecule has 0 rings (SSSR count). The number of carbonyl (C=O) groups is 1. The number of nitrogens with two attached hydrogens (primary N) is 2. The van der Waals surface area contributed by atoms with Crippen LogP contribution in [-0.4, -0.2) is 11.9 Å². The van der Waals surface area contributed by atoms with E-state index in [-0.39, 0.29) is 5.96 Å². The Morgan fingerprint density at radius 3 is 2.33 bits per heavy atom. The molecule has 0 aromatic carbocycles. The second-order valence-corrected chi connectivity index (χ2v) is 3.69. The lowest BCUT2D eigenvalue weighted by molar-refractivity contribution is -0.113. The van der Waals surface area contributed by atoms with Crippen LogP contribution in [0, 0.1) is 0 Å². The van der Waals surface area contributed by atoms with Crippen molar-refractivity contribution in [3.63, 3.8) is 0 Å². The molecule has 0 aromatic heterocycles. The van der Waals surface area contributed by atoms with Crippen molar-refractivity contribution in [2.24, 2.45) is 16.5 Å².